The number of hydrogen-bond donors (Lipinski definition) is 1. The Morgan fingerprint density at radius 3 is 2.33 bits per heavy atom. The topological polar surface area (TPSA) is 89.5 Å². The van der Waals surface area contributed by atoms with Gasteiger partial charge in [0.1, 0.15) is 6.61 Å². The zero-order chi connectivity index (χ0) is 16.1. The van der Waals surface area contributed by atoms with E-state index in [1.807, 2.05) is 4.72 Å². The van der Waals surface area contributed by atoms with Crippen molar-refractivity contribution in [3.05, 3.63) is 24.3 Å². The van der Waals surface area contributed by atoms with Crippen LogP contribution in [0.1, 0.15) is 0 Å². The van der Waals surface area contributed by atoms with Crippen molar-refractivity contribution >= 4 is 20.2 Å². The van der Waals surface area contributed by atoms with E-state index in [1.54, 1.807) is 0 Å². The molecule has 1 rings (SSSR count). The number of halogens is 3. The average Bonchev–Trinajstić information content (AvgIpc) is 2.37. The molecule has 0 radical (unpaired) electrons. The highest BCUT2D eigenvalue weighted by molar-refractivity contribution is 7.89. The first kappa shape index (κ1) is 17.9. The number of sulfonamides is 1. The van der Waals surface area contributed by atoms with Crippen LogP contribution in [0.15, 0.2) is 34.1 Å². The summed E-state index contributed by atoms with van der Waals surface area (Å²) in [6.07, 6.45) is -2.66. The second-order valence-corrected chi connectivity index (χ2v) is 6.89. The molecule has 0 saturated heterocycles. The number of alkyl halides is 2. The summed E-state index contributed by atoms with van der Waals surface area (Å²) in [6.45, 7) is -1.40. The molecule has 0 heterocycles. The van der Waals surface area contributed by atoms with Crippen LogP contribution < -0.4 is 4.72 Å². The molecule has 1 aromatic carbocycles. The van der Waals surface area contributed by atoms with Gasteiger partial charge in [0.15, 0.2) is 0 Å². The molecular weight excluding hydrogens is 335 g/mol. The van der Waals surface area contributed by atoms with E-state index in [0.717, 1.165) is 18.2 Å². The summed E-state index contributed by atoms with van der Waals surface area (Å²) >= 11 is 0. The highest BCUT2D eigenvalue weighted by atomic mass is 32.3. The van der Waals surface area contributed by atoms with Gasteiger partial charge >= 0.3 is 10.2 Å². The molecule has 0 fully saturated rings. The Kier molecular flexibility index (Phi) is 6.13. The van der Waals surface area contributed by atoms with E-state index in [-0.39, 0.29) is 13.2 Å². The van der Waals surface area contributed by atoms with Gasteiger partial charge in [-0.3, -0.25) is 0 Å². The normalized spacial score (nSPS) is 12.8. The van der Waals surface area contributed by atoms with Gasteiger partial charge in [0.05, 0.1) is 16.4 Å². The predicted octanol–water partition coefficient (Wildman–Crippen LogP) is 0.905. The number of hydrogen-bond acceptors (Lipinski definition) is 5. The van der Waals surface area contributed by atoms with E-state index >= 15 is 0 Å². The summed E-state index contributed by atoms with van der Waals surface area (Å²) in [4.78, 5) is -1.26. The van der Waals surface area contributed by atoms with Crippen LogP contribution in [-0.2, 0) is 25.0 Å². The first-order valence-electron chi connectivity index (χ1n) is 5.53. The maximum atomic E-state index is 12.8. The molecule has 6 nitrogen and oxygen atoms in total. The van der Waals surface area contributed by atoms with Crippen LogP contribution in [-0.4, -0.2) is 43.0 Å². The maximum Gasteiger partial charge on any atom is 0.332 e. The quantitative estimate of drug-likeness (QED) is 0.558. The van der Waals surface area contributed by atoms with E-state index in [4.69, 9.17) is 0 Å². The SMILES string of the molecule is O=S(=O)(F)c1cccc(S(=O)(=O)NCCOCC(F)F)c1. The summed E-state index contributed by atoms with van der Waals surface area (Å²) in [5.41, 5.74) is 0. The van der Waals surface area contributed by atoms with E-state index in [1.165, 1.54) is 0 Å². The van der Waals surface area contributed by atoms with Gasteiger partial charge in [0.25, 0.3) is 6.43 Å². The average molecular weight is 347 g/mol. The largest absolute Gasteiger partial charge is 0.374 e. The van der Waals surface area contributed by atoms with Crippen LogP contribution >= 0.6 is 0 Å². The van der Waals surface area contributed by atoms with Gasteiger partial charge in [-0.05, 0) is 18.2 Å². The van der Waals surface area contributed by atoms with Gasteiger partial charge in [-0.2, -0.15) is 8.42 Å². The maximum absolute atomic E-state index is 12.8. The molecule has 0 aliphatic rings. The minimum atomic E-state index is -5.02. The molecule has 1 N–H and O–H groups in total. The summed E-state index contributed by atoms with van der Waals surface area (Å²) in [5.74, 6) is 0. The Balaban J connectivity index is 2.71. The second kappa shape index (κ2) is 7.20. The van der Waals surface area contributed by atoms with Gasteiger partial charge in [-0.15, -0.1) is 3.89 Å². The van der Waals surface area contributed by atoms with Crippen molar-refractivity contribution in [1.29, 1.82) is 0 Å². The molecule has 0 bridgehead atoms. The van der Waals surface area contributed by atoms with Crippen molar-refractivity contribution in [2.24, 2.45) is 0 Å². The first-order valence-corrected chi connectivity index (χ1v) is 8.40. The lowest BCUT2D eigenvalue weighted by Crippen LogP contribution is -2.28. The Hall–Kier alpha value is -1.17. The monoisotopic (exact) mass is 347 g/mol. The highest BCUT2D eigenvalue weighted by Crippen LogP contribution is 2.17. The molecule has 0 amide bonds. The lowest BCUT2D eigenvalue weighted by Gasteiger charge is -2.08. The fourth-order valence-corrected chi connectivity index (χ4v) is 2.94. The number of nitrogens with one attached hydrogen (secondary N) is 1. The predicted molar refractivity (Wildman–Crippen MR) is 66.7 cm³/mol. The molecule has 0 aliphatic heterocycles. The Morgan fingerprint density at radius 1 is 1.14 bits per heavy atom. The zero-order valence-corrected chi connectivity index (χ0v) is 12.1. The summed E-state index contributed by atoms with van der Waals surface area (Å²) in [7, 11) is -9.12. The van der Waals surface area contributed by atoms with Gasteiger partial charge in [0.2, 0.25) is 10.0 Å². The van der Waals surface area contributed by atoms with Gasteiger partial charge in [-0.25, -0.2) is 21.9 Å². The summed E-state index contributed by atoms with van der Waals surface area (Å²) in [6, 6.07) is 3.68. The third-order valence-corrected chi connectivity index (χ3v) is 4.46. The molecule has 1 aromatic rings. The molecule has 0 saturated carbocycles. The smallest absolute Gasteiger partial charge is 0.332 e. The van der Waals surface area contributed by atoms with E-state index in [0.29, 0.717) is 6.07 Å². The van der Waals surface area contributed by atoms with Crippen LogP contribution in [0.5, 0.6) is 0 Å². The van der Waals surface area contributed by atoms with Crippen LogP contribution in [0.3, 0.4) is 0 Å². The van der Waals surface area contributed by atoms with E-state index < -0.39 is 43.1 Å². The fraction of sp³-hybridized carbons (Fsp3) is 0.400. The van der Waals surface area contributed by atoms with Crippen molar-refractivity contribution < 1.29 is 34.2 Å². The molecule has 120 valence electrons. The number of ether oxygens (including phenoxy) is 1. The summed E-state index contributed by atoms with van der Waals surface area (Å²) in [5, 5.41) is 0. The zero-order valence-electron chi connectivity index (χ0n) is 10.5. The van der Waals surface area contributed by atoms with Crippen molar-refractivity contribution in [3.63, 3.8) is 0 Å². The molecule has 0 atom stereocenters. The number of rotatable bonds is 8. The Labute approximate surface area is 120 Å². The fourth-order valence-electron chi connectivity index (χ4n) is 1.30. The molecule has 21 heavy (non-hydrogen) atoms. The van der Waals surface area contributed by atoms with Crippen molar-refractivity contribution in [2.45, 2.75) is 16.2 Å². The molecule has 11 heteroatoms. The highest BCUT2D eigenvalue weighted by Gasteiger charge is 2.18. The molecule has 0 aliphatic carbocycles. The van der Waals surface area contributed by atoms with Crippen molar-refractivity contribution in [2.75, 3.05) is 19.8 Å². The van der Waals surface area contributed by atoms with Crippen molar-refractivity contribution in [1.82, 2.24) is 4.72 Å². The minimum Gasteiger partial charge on any atom is -0.374 e. The molecule has 0 aromatic heterocycles. The lowest BCUT2D eigenvalue weighted by molar-refractivity contribution is 0.0199. The number of benzene rings is 1. The first-order chi connectivity index (χ1) is 9.63. The van der Waals surface area contributed by atoms with Gasteiger partial charge < -0.3 is 4.74 Å². The van der Waals surface area contributed by atoms with Crippen molar-refractivity contribution in [3.8, 4) is 0 Å². The van der Waals surface area contributed by atoms with Gasteiger partial charge in [0, 0.05) is 6.54 Å². The van der Waals surface area contributed by atoms with E-state index in [2.05, 4.69) is 4.74 Å². The van der Waals surface area contributed by atoms with Gasteiger partial charge in [-0.1, -0.05) is 6.07 Å². The molecule has 0 spiro atoms. The molecule has 0 unspecified atom stereocenters. The Bertz CT molecular complexity index is 676. The van der Waals surface area contributed by atoms with Crippen LogP contribution in [0.2, 0.25) is 0 Å². The standard InChI is InChI=1S/C10H12F3NO5S2/c11-10(12)7-19-5-4-14-21(17,18)9-3-1-2-8(6-9)20(13,15)16/h1-3,6,10,14H,4-5,7H2. The summed E-state index contributed by atoms with van der Waals surface area (Å²) < 4.78 is 87.7. The Morgan fingerprint density at radius 2 is 1.76 bits per heavy atom. The molecular formula is C10H12F3NO5S2. The van der Waals surface area contributed by atoms with E-state index in [9.17, 15) is 29.5 Å². The van der Waals surface area contributed by atoms with Crippen LogP contribution in [0.4, 0.5) is 12.7 Å². The van der Waals surface area contributed by atoms with Crippen LogP contribution in [0.25, 0.3) is 0 Å². The third kappa shape index (κ3) is 5.99. The minimum absolute atomic E-state index is 0.287. The van der Waals surface area contributed by atoms with Crippen LogP contribution in [0, 0.1) is 0 Å². The lowest BCUT2D eigenvalue weighted by atomic mass is 10.4. The third-order valence-electron chi connectivity index (χ3n) is 2.18. The second-order valence-electron chi connectivity index (χ2n) is 3.78.